The van der Waals surface area contributed by atoms with Crippen molar-refractivity contribution >= 4 is 17.3 Å². The van der Waals surface area contributed by atoms with Gasteiger partial charge < -0.3 is 24.7 Å². The second-order valence-corrected chi connectivity index (χ2v) is 7.77. The van der Waals surface area contributed by atoms with Crippen LogP contribution in [-0.2, 0) is 0 Å². The monoisotopic (exact) mass is 384 g/mol. The third-order valence-corrected chi connectivity index (χ3v) is 5.44. The Bertz CT molecular complexity index is 766. The van der Waals surface area contributed by atoms with Gasteiger partial charge in [0.2, 0.25) is 0 Å². The Balaban J connectivity index is 1.44. The minimum absolute atomic E-state index is 0.267. The summed E-state index contributed by atoms with van der Waals surface area (Å²) in [5.41, 5.74) is 1.11. The van der Waals surface area contributed by atoms with Crippen molar-refractivity contribution < 1.29 is 5.11 Å². The van der Waals surface area contributed by atoms with Crippen LogP contribution in [0.4, 0.5) is 17.3 Å². The van der Waals surface area contributed by atoms with E-state index < -0.39 is 0 Å². The van der Waals surface area contributed by atoms with Gasteiger partial charge >= 0.3 is 0 Å². The third-order valence-electron chi connectivity index (χ3n) is 5.44. The number of hydrogen-bond acceptors (Lipinski definition) is 9. The Morgan fingerprint density at radius 2 is 1.82 bits per heavy atom. The molecule has 1 N–H and O–H groups in total. The lowest BCUT2D eigenvalue weighted by molar-refractivity contribution is 0.191. The van der Waals surface area contributed by atoms with Gasteiger partial charge in [-0.1, -0.05) is 0 Å². The minimum atomic E-state index is -0.305. The Labute approximate surface area is 165 Å². The van der Waals surface area contributed by atoms with Crippen LogP contribution in [0.1, 0.15) is 6.42 Å². The first-order chi connectivity index (χ1) is 13.6. The van der Waals surface area contributed by atoms with Crippen molar-refractivity contribution in [2.75, 3.05) is 68.1 Å². The largest absolute Gasteiger partial charge is 0.391 e. The summed E-state index contributed by atoms with van der Waals surface area (Å²) in [7, 11) is 4.12. The summed E-state index contributed by atoms with van der Waals surface area (Å²) in [6.07, 6.45) is 5.65. The van der Waals surface area contributed by atoms with Crippen molar-refractivity contribution in [1.29, 1.82) is 0 Å². The van der Waals surface area contributed by atoms with Crippen LogP contribution in [0.5, 0.6) is 0 Å². The van der Waals surface area contributed by atoms with Crippen molar-refractivity contribution in [3.8, 4) is 0 Å². The number of likely N-dealkylation sites (N-methyl/N-ethyl adjacent to an activating group) is 1. The van der Waals surface area contributed by atoms with Crippen LogP contribution >= 0.6 is 0 Å². The van der Waals surface area contributed by atoms with Crippen LogP contribution in [0.25, 0.3) is 0 Å². The van der Waals surface area contributed by atoms with Gasteiger partial charge in [0, 0.05) is 51.4 Å². The van der Waals surface area contributed by atoms with Gasteiger partial charge in [0.25, 0.3) is 0 Å². The number of nitrogens with zero attached hydrogens (tertiary/aromatic N) is 8. The Hall–Kier alpha value is -2.52. The maximum absolute atomic E-state index is 10.2. The van der Waals surface area contributed by atoms with Crippen LogP contribution in [0.3, 0.4) is 0 Å². The summed E-state index contributed by atoms with van der Waals surface area (Å²) in [6, 6.07) is 4.32. The summed E-state index contributed by atoms with van der Waals surface area (Å²) in [5.74, 6) is 1.84. The second kappa shape index (κ2) is 8.24. The van der Waals surface area contributed by atoms with E-state index in [1.165, 1.54) is 0 Å². The van der Waals surface area contributed by atoms with Gasteiger partial charge in [-0.25, -0.2) is 9.97 Å². The first-order valence-corrected chi connectivity index (χ1v) is 9.78. The molecule has 0 radical (unpaired) electrons. The van der Waals surface area contributed by atoms with E-state index in [0.717, 1.165) is 56.5 Å². The molecule has 0 saturated carbocycles. The molecule has 0 spiro atoms. The first-order valence-electron chi connectivity index (χ1n) is 9.78. The van der Waals surface area contributed by atoms with E-state index in [1.54, 1.807) is 12.5 Å². The lowest BCUT2D eigenvalue weighted by Crippen LogP contribution is -2.47. The number of hydrogen-bond donors (Lipinski definition) is 1. The molecule has 0 aromatic carbocycles. The molecule has 9 nitrogen and oxygen atoms in total. The third kappa shape index (κ3) is 4.15. The van der Waals surface area contributed by atoms with Gasteiger partial charge in [0.1, 0.15) is 18.0 Å². The average molecular weight is 384 g/mol. The lowest BCUT2D eigenvalue weighted by Gasteiger charge is -2.36. The van der Waals surface area contributed by atoms with E-state index in [-0.39, 0.29) is 12.1 Å². The quantitative estimate of drug-likeness (QED) is 0.771. The predicted octanol–water partition coefficient (Wildman–Crippen LogP) is 0.0944. The summed E-state index contributed by atoms with van der Waals surface area (Å²) in [4.78, 5) is 18.0. The molecule has 0 unspecified atom stereocenters. The van der Waals surface area contributed by atoms with Gasteiger partial charge in [-0.3, -0.25) is 0 Å². The molecule has 0 amide bonds. The highest BCUT2D eigenvalue weighted by molar-refractivity contribution is 5.53. The predicted molar refractivity (Wildman–Crippen MR) is 109 cm³/mol. The van der Waals surface area contributed by atoms with Gasteiger partial charge in [-0.2, -0.15) is 10.2 Å². The van der Waals surface area contributed by atoms with Gasteiger partial charge in [0.05, 0.1) is 24.2 Å². The van der Waals surface area contributed by atoms with Crippen LogP contribution in [0.15, 0.2) is 30.9 Å². The van der Waals surface area contributed by atoms with E-state index in [9.17, 15) is 5.11 Å². The number of aliphatic hydroxyl groups excluding tert-OH is 1. The zero-order valence-corrected chi connectivity index (χ0v) is 16.5. The van der Waals surface area contributed by atoms with E-state index in [1.807, 2.05) is 12.3 Å². The highest BCUT2D eigenvalue weighted by Gasteiger charge is 2.32. The molecular formula is C19H28N8O. The molecule has 2 atom stereocenters. The zero-order chi connectivity index (χ0) is 19.5. The van der Waals surface area contributed by atoms with Gasteiger partial charge in [0.15, 0.2) is 0 Å². The van der Waals surface area contributed by atoms with Crippen molar-refractivity contribution in [3.63, 3.8) is 0 Å². The normalized spacial score (nSPS) is 22.9. The molecule has 2 saturated heterocycles. The SMILES string of the molecule is CN(C)C[C@H]1C[C@@H](O)CN1c1cc(N2CCN(c3ccnnc3)CC2)ncn1. The van der Waals surface area contributed by atoms with Gasteiger partial charge in [-0.05, 0) is 26.6 Å². The van der Waals surface area contributed by atoms with E-state index in [0.29, 0.717) is 6.54 Å². The van der Waals surface area contributed by atoms with Crippen molar-refractivity contribution in [3.05, 3.63) is 30.9 Å². The maximum Gasteiger partial charge on any atom is 0.134 e. The molecule has 0 aliphatic carbocycles. The topological polar surface area (TPSA) is 84.8 Å². The van der Waals surface area contributed by atoms with E-state index in [2.05, 4.69) is 59.9 Å². The molecule has 9 heteroatoms. The number of aromatic nitrogens is 4. The first kappa shape index (κ1) is 18.8. The van der Waals surface area contributed by atoms with Crippen LogP contribution in [-0.4, -0.2) is 95.7 Å². The average Bonchev–Trinajstić information content (AvgIpc) is 3.08. The summed E-state index contributed by atoms with van der Waals surface area (Å²) >= 11 is 0. The fourth-order valence-corrected chi connectivity index (χ4v) is 4.10. The number of rotatable bonds is 5. The smallest absolute Gasteiger partial charge is 0.134 e. The molecule has 2 aliphatic heterocycles. The standard InChI is InChI=1S/C19H28N8O/c1-24(2)12-16-9-17(28)13-27(16)19-10-18(20-14-21-19)26-7-5-25(6-8-26)15-3-4-22-23-11-15/h3-4,10-11,14,16-17,28H,5-9,12-13H2,1-2H3/t16-,17-/m1/s1. The molecule has 4 rings (SSSR count). The molecule has 2 aromatic heterocycles. The molecule has 0 bridgehead atoms. The summed E-state index contributed by atoms with van der Waals surface area (Å²) in [6.45, 7) is 5.13. The van der Waals surface area contributed by atoms with Crippen molar-refractivity contribution in [2.24, 2.45) is 0 Å². The lowest BCUT2D eigenvalue weighted by atomic mass is 10.2. The summed E-state index contributed by atoms with van der Waals surface area (Å²) < 4.78 is 0. The number of piperazine rings is 1. The zero-order valence-electron chi connectivity index (χ0n) is 16.5. The highest BCUT2D eigenvalue weighted by Crippen LogP contribution is 2.27. The van der Waals surface area contributed by atoms with Crippen LogP contribution < -0.4 is 14.7 Å². The van der Waals surface area contributed by atoms with Crippen molar-refractivity contribution in [1.82, 2.24) is 25.1 Å². The molecule has 2 aliphatic rings. The Morgan fingerprint density at radius 1 is 1.07 bits per heavy atom. The highest BCUT2D eigenvalue weighted by atomic mass is 16.3. The molecule has 2 aromatic rings. The molecule has 28 heavy (non-hydrogen) atoms. The van der Waals surface area contributed by atoms with Crippen LogP contribution in [0.2, 0.25) is 0 Å². The number of β-amino-alcohol motifs (C(OH)–C–C–N with tert-alkyl or cyclic N) is 1. The summed E-state index contributed by atoms with van der Waals surface area (Å²) in [5, 5.41) is 18.0. The molecule has 150 valence electrons. The van der Waals surface area contributed by atoms with Crippen LogP contribution in [0, 0.1) is 0 Å². The van der Waals surface area contributed by atoms with E-state index >= 15 is 0 Å². The fourth-order valence-electron chi connectivity index (χ4n) is 4.10. The maximum atomic E-state index is 10.2. The fraction of sp³-hybridized carbons (Fsp3) is 0.579. The Kier molecular flexibility index (Phi) is 5.54. The Morgan fingerprint density at radius 3 is 2.54 bits per heavy atom. The molecular weight excluding hydrogens is 356 g/mol. The molecule has 4 heterocycles. The number of aliphatic hydroxyl groups is 1. The van der Waals surface area contributed by atoms with Gasteiger partial charge in [-0.15, -0.1) is 0 Å². The molecule has 2 fully saturated rings. The second-order valence-electron chi connectivity index (χ2n) is 7.77. The van der Waals surface area contributed by atoms with E-state index in [4.69, 9.17) is 0 Å². The number of anilines is 3. The minimum Gasteiger partial charge on any atom is -0.391 e. The van der Waals surface area contributed by atoms with Crippen molar-refractivity contribution in [2.45, 2.75) is 18.6 Å².